The Bertz CT molecular complexity index is 801. The predicted molar refractivity (Wildman–Crippen MR) is 97.1 cm³/mol. The van der Waals surface area contributed by atoms with Gasteiger partial charge in [0.25, 0.3) is 0 Å². The van der Waals surface area contributed by atoms with Crippen molar-refractivity contribution in [2.75, 3.05) is 6.61 Å². The Morgan fingerprint density at radius 2 is 2.12 bits per heavy atom. The lowest BCUT2D eigenvalue weighted by molar-refractivity contribution is -0.138. The van der Waals surface area contributed by atoms with Gasteiger partial charge in [-0.15, -0.1) is 11.3 Å². The van der Waals surface area contributed by atoms with Crippen LogP contribution in [0.2, 0.25) is 0 Å². The van der Waals surface area contributed by atoms with Gasteiger partial charge in [-0.05, 0) is 32.6 Å². The molecule has 0 radical (unpaired) electrons. The Hall–Kier alpha value is -1.95. The summed E-state index contributed by atoms with van der Waals surface area (Å²) in [6, 6.07) is 0. The van der Waals surface area contributed by atoms with E-state index in [0.29, 0.717) is 24.2 Å². The maximum Gasteiger partial charge on any atom is 0.336 e. The molecule has 3 rings (SSSR count). The molecule has 134 valence electrons. The van der Waals surface area contributed by atoms with Crippen molar-refractivity contribution in [1.82, 2.24) is 10.3 Å². The number of aromatic nitrogens is 1. The topological polar surface area (TPSA) is 68.3 Å². The number of aryl methyl sites for hydroxylation is 1. The number of ketones is 1. The Balaban J connectivity index is 2.15. The van der Waals surface area contributed by atoms with Crippen LogP contribution in [0, 0.1) is 12.3 Å². The number of esters is 1. The fraction of sp³-hybridized carbons (Fsp3) is 0.526. The summed E-state index contributed by atoms with van der Waals surface area (Å²) >= 11 is 1.49. The molecule has 1 N–H and O–H groups in total. The Labute approximate surface area is 152 Å². The van der Waals surface area contributed by atoms with Crippen LogP contribution in [-0.2, 0) is 14.3 Å². The lowest BCUT2D eigenvalue weighted by Crippen LogP contribution is -2.38. The molecule has 0 bridgehead atoms. The van der Waals surface area contributed by atoms with E-state index < -0.39 is 5.92 Å². The maximum absolute atomic E-state index is 13.0. The van der Waals surface area contributed by atoms with E-state index in [-0.39, 0.29) is 17.2 Å². The summed E-state index contributed by atoms with van der Waals surface area (Å²) in [5.74, 6) is -0.724. The zero-order chi connectivity index (χ0) is 18.4. The highest BCUT2D eigenvalue weighted by Gasteiger charge is 2.44. The van der Waals surface area contributed by atoms with Crippen molar-refractivity contribution in [3.63, 3.8) is 0 Å². The van der Waals surface area contributed by atoms with Crippen LogP contribution in [0.15, 0.2) is 27.9 Å². The van der Waals surface area contributed by atoms with Gasteiger partial charge >= 0.3 is 5.97 Å². The summed E-state index contributed by atoms with van der Waals surface area (Å²) in [6.07, 6.45) is 1.26. The number of dihydropyridines is 1. The second-order valence-electron chi connectivity index (χ2n) is 7.48. The summed E-state index contributed by atoms with van der Waals surface area (Å²) in [7, 11) is 0. The van der Waals surface area contributed by atoms with Crippen molar-refractivity contribution in [3.05, 3.63) is 38.6 Å². The maximum atomic E-state index is 13.0. The Morgan fingerprint density at radius 3 is 2.72 bits per heavy atom. The third kappa shape index (κ3) is 3.27. The van der Waals surface area contributed by atoms with Gasteiger partial charge < -0.3 is 10.1 Å². The number of ether oxygens (including phenoxy) is 1. The molecule has 0 saturated carbocycles. The fourth-order valence-electron chi connectivity index (χ4n) is 3.67. The van der Waals surface area contributed by atoms with Crippen LogP contribution in [0.4, 0.5) is 0 Å². The molecular formula is C19H24N2O3S. The van der Waals surface area contributed by atoms with Crippen LogP contribution >= 0.6 is 11.3 Å². The highest BCUT2D eigenvalue weighted by molar-refractivity contribution is 7.09. The van der Waals surface area contributed by atoms with Crippen LogP contribution < -0.4 is 5.32 Å². The van der Waals surface area contributed by atoms with Gasteiger partial charge in [-0.2, -0.15) is 0 Å². The number of carbonyl (C=O) groups is 2. The van der Waals surface area contributed by atoms with E-state index in [0.717, 1.165) is 28.5 Å². The molecule has 5 nitrogen and oxygen atoms in total. The molecule has 25 heavy (non-hydrogen) atoms. The molecule has 2 aliphatic rings. The van der Waals surface area contributed by atoms with Crippen molar-refractivity contribution in [2.45, 2.75) is 53.4 Å². The summed E-state index contributed by atoms with van der Waals surface area (Å²) in [5, 5.41) is 6.05. The summed E-state index contributed by atoms with van der Waals surface area (Å²) in [4.78, 5) is 30.2. The van der Waals surface area contributed by atoms with Crippen LogP contribution in [-0.4, -0.2) is 23.3 Å². The molecule has 2 heterocycles. The number of carbonyl (C=O) groups excluding carboxylic acids is 2. The molecule has 1 aliphatic carbocycles. The van der Waals surface area contributed by atoms with Crippen molar-refractivity contribution in [1.29, 1.82) is 0 Å². The zero-order valence-electron chi connectivity index (χ0n) is 15.4. The van der Waals surface area contributed by atoms with Gasteiger partial charge in [-0.1, -0.05) is 13.8 Å². The van der Waals surface area contributed by atoms with Gasteiger partial charge in [0.15, 0.2) is 5.78 Å². The van der Waals surface area contributed by atoms with Crippen LogP contribution in [0.5, 0.6) is 0 Å². The first-order valence-corrected chi connectivity index (χ1v) is 9.44. The first kappa shape index (κ1) is 17.9. The smallest absolute Gasteiger partial charge is 0.336 e. The minimum atomic E-state index is -0.433. The number of hydrogen-bond acceptors (Lipinski definition) is 6. The van der Waals surface area contributed by atoms with Gasteiger partial charge in [0, 0.05) is 34.5 Å². The lowest BCUT2D eigenvalue weighted by Gasteiger charge is -2.38. The number of hydrogen-bond donors (Lipinski definition) is 1. The van der Waals surface area contributed by atoms with E-state index in [1.807, 2.05) is 19.2 Å². The van der Waals surface area contributed by atoms with E-state index in [9.17, 15) is 9.59 Å². The van der Waals surface area contributed by atoms with E-state index in [1.165, 1.54) is 11.3 Å². The minimum absolute atomic E-state index is 0.0888. The number of nitrogens with zero attached hydrogens (tertiary/aromatic N) is 1. The molecule has 0 amide bonds. The van der Waals surface area contributed by atoms with E-state index >= 15 is 0 Å². The largest absolute Gasteiger partial charge is 0.463 e. The van der Waals surface area contributed by atoms with E-state index in [1.54, 1.807) is 6.92 Å². The quantitative estimate of drug-likeness (QED) is 0.834. The highest BCUT2D eigenvalue weighted by Crippen LogP contribution is 2.47. The number of rotatable bonds is 3. The molecule has 0 aromatic carbocycles. The van der Waals surface area contributed by atoms with Gasteiger partial charge in [-0.25, -0.2) is 9.78 Å². The summed E-state index contributed by atoms with van der Waals surface area (Å²) in [6.45, 7) is 10.1. The molecule has 0 spiro atoms. The monoisotopic (exact) mass is 360 g/mol. The average molecular weight is 360 g/mol. The molecule has 0 saturated heterocycles. The first-order chi connectivity index (χ1) is 11.7. The van der Waals surface area contributed by atoms with Crippen molar-refractivity contribution < 1.29 is 14.3 Å². The number of allylic oxidation sites excluding steroid dienone is 3. The molecule has 1 atom stereocenters. The first-order valence-electron chi connectivity index (χ1n) is 8.56. The third-order valence-electron chi connectivity index (χ3n) is 4.62. The summed E-state index contributed by atoms with van der Waals surface area (Å²) < 4.78 is 5.27. The molecule has 1 aromatic rings. The van der Waals surface area contributed by atoms with Crippen molar-refractivity contribution in [2.24, 2.45) is 5.41 Å². The highest BCUT2D eigenvalue weighted by atomic mass is 32.1. The number of Topliss-reactive ketones (excluding diaryl/α,β-unsaturated/α-hetero) is 1. The fourth-order valence-corrected chi connectivity index (χ4v) is 4.58. The summed E-state index contributed by atoms with van der Waals surface area (Å²) in [5.41, 5.74) is 3.66. The number of nitrogens with one attached hydrogen (secondary N) is 1. The molecule has 0 fully saturated rings. The lowest BCUT2D eigenvalue weighted by atomic mass is 9.70. The number of thiazole rings is 1. The SMILES string of the molecule is CCOC(=O)C1=C(C)NC2=C(C(=O)CC(C)(C)C2)[C@@H]1c1nc(C)cs1. The van der Waals surface area contributed by atoms with Gasteiger partial charge in [0.2, 0.25) is 0 Å². The van der Waals surface area contributed by atoms with Crippen molar-refractivity contribution in [3.8, 4) is 0 Å². The minimum Gasteiger partial charge on any atom is -0.463 e. The standard InChI is InChI=1S/C19H24N2O3S/c1-6-24-18(23)14-11(3)21-12-7-19(4,5)8-13(22)15(12)16(14)17-20-10(2)9-25-17/h9,16,21H,6-8H2,1-5H3/t16-/m1/s1. The van der Waals surface area contributed by atoms with Crippen LogP contribution in [0.1, 0.15) is 57.2 Å². The Kier molecular flexibility index (Phi) is 4.58. The molecular weight excluding hydrogens is 336 g/mol. The molecule has 0 unspecified atom stereocenters. The van der Waals surface area contributed by atoms with Gasteiger partial charge in [0.05, 0.1) is 18.1 Å². The Morgan fingerprint density at radius 1 is 1.40 bits per heavy atom. The second-order valence-corrected chi connectivity index (χ2v) is 8.37. The van der Waals surface area contributed by atoms with Gasteiger partial charge in [-0.3, -0.25) is 4.79 Å². The molecule has 6 heteroatoms. The average Bonchev–Trinajstić information content (AvgIpc) is 2.90. The molecule has 1 aromatic heterocycles. The van der Waals surface area contributed by atoms with Crippen LogP contribution in [0.3, 0.4) is 0 Å². The second kappa shape index (κ2) is 6.41. The van der Waals surface area contributed by atoms with E-state index in [4.69, 9.17) is 4.74 Å². The zero-order valence-corrected chi connectivity index (χ0v) is 16.2. The normalized spacial score (nSPS) is 22.6. The van der Waals surface area contributed by atoms with Gasteiger partial charge in [0.1, 0.15) is 5.01 Å². The third-order valence-corrected chi connectivity index (χ3v) is 5.65. The van der Waals surface area contributed by atoms with Crippen molar-refractivity contribution >= 4 is 23.1 Å². The van der Waals surface area contributed by atoms with E-state index in [2.05, 4.69) is 24.1 Å². The van der Waals surface area contributed by atoms with Crippen LogP contribution in [0.25, 0.3) is 0 Å². The molecule has 1 aliphatic heterocycles. The predicted octanol–water partition coefficient (Wildman–Crippen LogP) is 3.62.